The monoisotopic (exact) mass is 236 g/mol. The molecule has 0 saturated carbocycles. The topological polar surface area (TPSA) is 66.9 Å². The first-order valence-electron chi connectivity index (χ1n) is 5.87. The number of carbonyl (C=O) groups excluding carboxylic acids is 1. The van der Waals surface area contributed by atoms with Gasteiger partial charge in [0.25, 0.3) is 0 Å². The van der Waals surface area contributed by atoms with E-state index in [1.54, 1.807) is 6.20 Å². The third-order valence-corrected chi connectivity index (χ3v) is 2.29. The molecule has 1 rings (SSSR count). The van der Waals surface area contributed by atoms with Gasteiger partial charge in [0, 0.05) is 19.3 Å². The minimum Gasteiger partial charge on any atom is -0.354 e. The zero-order valence-electron chi connectivity index (χ0n) is 10.6. The van der Waals surface area contributed by atoms with E-state index in [0.29, 0.717) is 19.0 Å². The van der Waals surface area contributed by atoms with Crippen LogP contribution < -0.4 is 10.6 Å². The highest BCUT2D eigenvalue weighted by Crippen LogP contribution is 1.93. The summed E-state index contributed by atoms with van der Waals surface area (Å²) in [4.78, 5) is 11.7. The maximum Gasteiger partial charge on any atom is 0.236 e. The Morgan fingerprint density at radius 2 is 2.18 bits per heavy atom. The summed E-state index contributed by atoms with van der Waals surface area (Å²) in [6.07, 6.45) is 1.63. The van der Waals surface area contributed by atoms with E-state index < -0.39 is 0 Å². The summed E-state index contributed by atoms with van der Waals surface area (Å²) in [5.74, 6) is 0.480. The number of hydrogen-bond acceptors (Lipinski definition) is 4. The SMILES string of the molecule is CC(C)CNC(=O)C(C)NCc1cccnn1. The fourth-order valence-corrected chi connectivity index (χ4v) is 1.24. The summed E-state index contributed by atoms with van der Waals surface area (Å²) in [7, 11) is 0. The molecule has 5 nitrogen and oxygen atoms in total. The molecule has 0 bridgehead atoms. The van der Waals surface area contributed by atoms with Crippen LogP contribution >= 0.6 is 0 Å². The molecule has 0 fully saturated rings. The second-order valence-electron chi connectivity index (χ2n) is 4.46. The Labute approximate surface area is 102 Å². The van der Waals surface area contributed by atoms with Gasteiger partial charge in [0.05, 0.1) is 11.7 Å². The summed E-state index contributed by atoms with van der Waals surface area (Å²) in [6.45, 7) is 7.22. The first kappa shape index (κ1) is 13.6. The number of nitrogens with zero attached hydrogens (tertiary/aromatic N) is 2. The van der Waals surface area contributed by atoms with E-state index in [1.807, 2.05) is 19.1 Å². The van der Waals surface area contributed by atoms with Gasteiger partial charge in [-0.05, 0) is 25.0 Å². The molecule has 0 aromatic carbocycles. The van der Waals surface area contributed by atoms with Gasteiger partial charge >= 0.3 is 0 Å². The van der Waals surface area contributed by atoms with Crippen LogP contribution in [0.1, 0.15) is 26.5 Å². The predicted molar refractivity (Wildman–Crippen MR) is 66.2 cm³/mol. The summed E-state index contributed by atoms with van der Waals surface area (Å²) in [5, 5.41) is 13.7. The van der Waals surface area contributed by atoms with Crippen LogP contribution in [-0.2, 0) is 11.3 Å². The van der Waals surface area contributed by atoms with Crippen molar-refractivity contribution in [3.05, 3.63) is 24.0 Å². The highest BCUT2D eigenvalue weighted by molar-refractivity contribution is 5.81. The van der Waals surface area contributed by atoms with E-state index in [0.717, 1.165) is 5.69 Å². The van der Waals surface area contributed by atoms with E-state index in [9.17, 15) is 4.79 Å². The minimum absolute atomic E-state index is 0.0163. The Balaban J connectivity index is 2.29. The van der Waals surface area contributed by atoms with Crippen LogP contribution in [0.25, 0.3) is 0 Å². The van der Waals surface area contributed by atoms with Crippen molar-refractivity contribution in [1.29, 1.82) is 0 Å². The van der Waals surface area contributed by atoms with Crippen LogP contribution in [-0.4, -0.2) is 28.7 Å². The molecule has 0 radical (unpaired) electrons. The molecule has 94 valence electrons. The Hall–Kier alpha value is -1.49. The molecule has 0 aliphatic heterocycles. The van der Waals surface area contributed by atoms with Gasteiger partial charge in [0.1, 0.15) is 0 Å². The first-order valence-corrected chi connectivity index (χ1v) is 5.87. The van der Waals surface area contributed by atoms with Crippen molar-refractivity contribution in [2.45, 2.75) is 33.4 Å². The van der Waals surface area contributed by atoms with Crippen molar-refractivity contribution in [2.75, 3.05) is 6.54 Å². The molecular formula is C12H20N4O. The molecule has 2 N–H and O–H groups in total. The largest absolute Gasteiger partial charge is 0.354 e. The smallest absolute Gasteiger partial charge is 0.236 e. The Bertz CT molecular complexity index is 340. The lowest BCUT2D eigenvalue weighted by molar-refractivity contribution is -0.122. The number of rotatable bonds is 6. The fourth-order valence-electron chi connectivity index (χ4n) is 1.24. The lowest BCUT2D eigenvalue weighted by Gasteiger charge is -2.14. The number of amides is 1. The van der Waals surface area contributed by atoms with Crippen molar-refractivity contribution < 1.29 is 4.79 Å². The van der Waals surface area contributed by atoms with Crippen LogP contribution in [0.2, 0.25) is 0 Å². The maximum atomic E-state index is 11.7. The Morgan fingerprint density at radius 3 is 2.76 bits per heavy atom. The van der Waals surface area contributed by atoms with E-state index in [4.69, 9.17) is 0 Å². The molecule has 5 heteroatoms. The first-order chi connectivity index (χ1) is 8.09. The molecule has 1 aromatic rings. The van der Waals surface area contributed by atoms with Crippen LogP contribution in [0.15, 0.2) is 18.3 Å². The van der Waals surface area contributed by atoms with Gasteiger partial charge in [-0.1, -0.05) is 13.8 Å². The quantitative estimate of drug-likeness (QED) is 0.764. The summed E-state index contributed by atoms with van der Waals surface area (Å²) in [5.41, 5.74) is 0.830. The van der Waals surface area contributed by atoms with E-state index in [-0.39, 0.29) is 11.9 Å². The van der Waals surface area contributed by atoms with Crippen molar-refractivity contribution in [3.63, 3.8) is 0 Å². The molecule has 0 aliphatic carbocycles. The maximum absolute atomic E-state index is 11.7. The Morgan fingerprint density at radius 1 is 1.41 bits per heavy atom. The third-order valence-electron chi connectivity index (χ3n) is 2.29. The molecule has 0 saturated heterocycles. The minimum atomic E-state index is -0.226. The second kappa shape index (κ2) is 6.96. The average molecular weight is 236 g/mol. The normalized spacial score (nSPS) is 12.5. The number of carbonyl (C=O) groups is 1. The molecule has 1 unspecified atom stereocenters. The summed E-state index contributed by atoms with van der Waals surface area (Å²) >= 11 is 0. The molecule has 0 aliphatic rings. The highest BCUT2D eigenvalue weighted by Gasteiger charge is 2.11. The van der Waals surface area contributed by atoms with Gasteiger partial charge in [-0.2, -0.15) is 10.2 Å². The molecule has 1 atom stereocenters. The van der Waals surface area contributed by atoms with Crippen LogP contribution in [0.3, 0.4) is 0 Å². The van der Waals surface area contributed by atoms with Crippen molar-refractivity contribution >= 4 is 5.91 Å². The zero-order chi connectivity index (χ0) is 12.7. The van der Waals surface area contributed by atoms with Gasteiger partial charge in [-0.25, -0.2) is 0 Å². The van der Waals surface area contributed by atoms with E-state index in [2.05, 4.69) is 34.7 Å². The average Bonchev–Trinajstić information content (AvgIpc) is 2.34. The number of nitrogens with one attached hydrogen (secondary N) is 2. The van der Waals surface area contributed by atoms with Crippen LogP contribution in [0.5, 0.6) is 0 Å². The molecular weight excluding hydrogens is 216 g/mol. The van der Waals surface area contributed by atoms with Gasteiger partial charge in [0.2, 0.25) is 5.91 Å². The van der Waals surface area contributed by atoms with Crippen LogP contribution in [0, 0.1) is 5.92 Å². The highest BCUT2D eigenvalue weighted by atomic mass is 16.2. The molecule has 0 spiro atoms. The molecule has 1 heterocycles. The summed E-state index contributed by atoms with van der Waals surface area (Å²) < 4.78 is 0. The third kappa shape index (κ3) is 5.40. The predicted octanol–water partition coefficient (Wildman–Crippen LogP) is 0.727. The van der Waals surface area contributed by atoms with E-state index in [1.165, 1.54) is 0 Å². The Kier molecular flexibility index (Phi) is 5.56. The molecule has 1 amide bonds. The van der Waals surface area contributed by atoms with Crippen molar-refractivity contribution in [1.82, 2.24) is 20.8 Å². The van der Waals surface area contributed by atoms with E-state index >= 15 is 0 Å². The van der Waals surface area contributed by atoms with Crippen molar-refractivity contribution in [3.8, 4) is 0 Å². The lowest BCUT2D eigenvalue weighted by atomic mass is 10.2. The number of aromatic nitrogens is 2. The molecule has 1 aromatic heterocycles. The number of hydrogen-bond donors (Lipinski definition) is 2. The van der Waals surface area contributed by atoms with Gasteiger partial charge in [-0.15, -0.1) is 0 Å². The van der Waals surface area contributed by atoms with Gasteiger partial charge < -0.3 is 10.6 Å². The fraction of sp³-hybridized carbons (Fsp3) is 0.583. The van der Waals surface area contributed by atoms with Gasteiger partial charge in [-0.3, -0.25) is 4.79 Å². The van der Waals surface area contributed by atoms with Crippen molar-refractivity contribution in [2.24, 2.45) is 5.92 Å². The standard InChI is InChI=1S/C12H20N4O/c1-9(2)7-14-12(17)10(3)13-8-11-5-4-6-15-16-11/h4-6,9-10,13H,7-8H2,1-3H3,(H,14,17). The van der Waals surface area contributed by atoms with Crippen LogP contribution in [0.4, 0.5) is 0 Å². The lowest BCUT2D eigenvalue weighted by Crippen LogP contribution is -2.43. The summed E-state index contributed by atoms with van der Waals surface area (Å²) in [6, 6.07) is 3.47. The second-order valence-corrected chi connectivity index (χ2v) is 4.46. The zero-order valence-corrected chi connectivity index (χ0v) is 10.6. The van der Waals surface area contributed by atoms with Gasteiger partial charge in [0.15, 0.2) is 0 Å². The molecule has 17 heavy (non-hydrogen) atoms.